The Balaban J connectivity index is 2.06. The number of anilines is 1. The molecule has 39 heavy (non-hydrogen) atoms. The van der Waals surface area contributed by atoms with Crippen LogP contribution in [0.3, 0.4) is 0 Å². The van der Waals surface area contributed by atoms with Crippen molar-refractivity contribution in [3.05, 3.63) is 95.0 Å². The van der Waals surface area contributed by atoms with Gasteiger partial charge in [0.05, 0.1) is 10.6 Å². The quantitative estimate of drug-likeness (QED) is 0.346. The number of carbonyl (C=O) groups excluding carboxylic acids is 2. The highest BCUT2D eigenvalue weighted by molar-refractivity contribution is 7.92. The van der Waals surface area contributed by atoms with Crippen molar-refractivity contribution >= 4 is 39.1 Å². The Morgan fingerprint density at radius 3 is 2.15 bits per heavy atom. The highest BCUT2D eigenvalue weighted by atomic mass is 35.5. The molecule has 0 aromatic heterocycles. The zero-order valence-electron chi connectivity index (χ0n) is 23.0. The number of hydrogen-bond donors (Lipinski definition) is 1. The molecule has 0 aliphatic heterocycles. The average Bonchev–Trinajstić information content (AvgIpc) is 2.87. The Bertz CT molecular complexity index is 1390. The van der Waals surface area contributed by atoms with E-state index in [1.54, 1.807) is 60.7 Å². The summed E-state index contributed by atoms with van der Waals surface area (Å²) in [6, 6.07) is 21.2. The molecule has 1 N–H and O–H groups in total. The summed E-state index contributed by atoms with van der Waals surface area (Å²) in [6.07, 6.45) is 0.344. The van der Waals surface area contributed by atoms with Crippen LogP contribution in [0, 0.1) is 6.92 Å². The minimum absolute atomic E-state index is 0.0704. The summed E-state index contributed by atoms with van der Waals surface area (Å²) in [5.41, 5.74) is 1.47. The number of nitrogens with zero attached hydrogens (tertiary/aromatic N) is 2. The standard InChI is InChI=1S/C30H36ClN3O4S/c1-6-27(29(36)32-30(3,4)5)33(20-23-15-17-24(31)18-16-23)28(35)21-34(25-12-10-11-22(2)19-25)39(37,38)26-13-8-7-9-14-26/h7-19,27H,6,20-21H2,1-5H3,(H,32,36)/t27-/m1/s1. The van der Waals surface area contributed by atoms with E-state index < -0.39 is 34.1 Å². The molecular weight excluding hydrogens is 534 g/mol. The van der Waals surface area contributed by atoms with E-state index in [0.29, 0.717) is 17.1 Å². The summed E-state index contributed by atoms with van der Waals surface area (Å²) in [7, 11) is -4.09. The van der Waals surface area contributed by atoms with Gasteiger partial charge in [-0.25, -0.2) is 8.42 Å². The summed E-state index contributed by atoms with van der Waals surface area (Å²) in [5, 5.41) is 3.51. The SMILES string of the molecule is CC[C@H](C(=O)NC(C)(C)C)N(Cc1ccc(Cl)cc1)C(=O)CN(c1cccc(C)c1)S(=O)(=O)c1ccccc1. The molecule has 0 aliphatic rings. The van der Waals surface area contributed by atoms with Crippen molar-refractivity contribution in [2.45, 2.75) is 64.1 Å². The Labute approximate surface area is 236 Å². The van der Waals surface area contributed by atoms with E-state index >= 15 is 0 Å². The zero-order chi connectivity index (χ0) is 28.8. The van der Waals surface area contributed by atoms with Crippen LogP contribution < -0.4 is 9.62 Å². The molecule has 1 atom stereocenters. The third kappa shape index (κ3) is 8.07. The van der Waals surface area contributed by atoms with Crippen LogP contribution in [0.25, 0.3) is 0 Å². The number of rotatable bonds is 10. The Morgan fingerprint density at radius 2 is 1.59 bits per heavy atom. The molecule has 0 fully saturated rings. The smallest absolute Gasteiger partial charge is 0.264 e. The zero-order valence-corrected chi connectivity index (χ0v) is 24.6. The number of carbonyl (C=O) groups is 2. The molecule has 3 aromatic rings. The van der Waals surface area contributed by atoms with Crippen molar-refractivity contribution in [2.24, 2.45) is 0 Å². The van der Waals surface area contributed by atoms with Crippen molar-refractivity contribution in [2.75, 3.05) is 10.8 Å². The highest BCUT2D eigenvalue weighted by Gasteiger charge is 2.34. The molecule has 0 saturated carbocycles. The van der Waals surface area contributed by atoms with E-state index in [-0.39, 0.29) is 17.3 Å². The molecule has 0 radical (unpaired) electrons. The van der Waals surface area contributed by atoms with Gasteiger partial charge in [0, 0.05) is 17.1 Å². The van der Waals surface area contributed by atoms with Gasteiger partial charge in [0.2, 0.25) is 11.8 Å². The number of hydrogen-bond acceptors (Lipinski definition) is 4. The van der Waals surface area contributed by atoms with Crippen molar-refractivity contribution in [3.8, 4) is 0 Å². The largest absolute Gasteiger partial charge is 0.350 e. The maximum atomic E-state index is 14.0. The number of benzene rings is 3. The van der Waals surface area contributed by atoms with Gasteiger partial charge in [-0.3, -0.25) is 13.9 Å². The third-order valence-corrected chi connectivity index (χ3v) is 8.09. The lowest BCUT2D eigenvalue weighted by atomic mass is 10.1. The van der Waals surface area contributed by atoms with E-state index in [2.05, 4.69) is 5.32 Å². The minimum atomic E-state index is -4.09. The molecule has 3 aromatic carbocycles. The van der Waals surface area contributed by atoms with Crippen molar-refractivity contribution < 1.29 is 18.0 Å². The van der Waals surface area contributed by atoms with Gasteiger partial charge in [-0.05, 0) is 81.6 Å². The first-order valence-corrected chi connectivity index (χ1v) is 14.6. The molecule has 0 unspecified atom stereocenters. The van der Waals surface area contributed by atoms with E-state index in [9.17, 15) is 18.0 Å². The fourth-order valence-electron chi connectivity index (χ4n) is 4.19. The van der Waals surface area contributed by atoms with E-state index in [1.807, 2.05) is 40.7 Å². The first-order chi connectivity index (χ1) is 18.3. The van der Waals surface area contributed by atoms with Crippen LogP contribution in [0.4, 0.5) is 5.69 Å². The molecule has 208 valence electrons. The van der Waals surface area contributed by atoms with E-state index in [1.165, 1.54) is 17.0 Å². The van der Waals surface area contributed by atoms with Crippen LogP contribution in [-0.2, 0) is 26.2 Å². The summed E-state index contributed by atoms with van der Waals surface area (Å²) in [5.74, 6) is -0.804. The first kappa shape index (κ1) is 30.2. The van der Waals surface area contributed by atoms with Crippen LogP contribution >= 0.6 is 11.6 Å². The minimum Gasteiger partial charge on any atom is -0.350 e. The fraction of sp³-hybridized carbons (Fsp3) is 0.333. The lowest BCUT2D eigenvalue weighted by Gasteiger charge is -2.34. The topological polar surface area (TPSA) is 86.8 Å². The van der Waals surface area contributed by atoms with Gasteiger partial charge in [-0.2, -0.15) is 0 Å². The van der Waals surface area contributed by atoms with Gasteiger partial charge in [0.15, 0.2) is 0 Å². The number of amides is 2. The van der Waals surface area contributed by atoms with Gasteiger partial charge in [0.1, 0.15) is 12.6 Å². The molecule has 0 bridgehead atoms. The summed E-state index contributed by atoms with van der Waals surface area (Å²) in [4.78, 5) is 28.9. The summed E-state index contributed by atoms with van der Waals surface area (Å²) >= 11 is 6.06. The molecule has 3 rings (SSSR count). The van der Waals surface area contributed by atoms with Gasteiger partial charge in [-0.1, -0.05) is 61.0 Å². The van der Waals surface area contributed by atoms with Crippen LogP contribution in [0.5, 0.6) is 0 Å². The lowest BCUT2D eigenvalue weighted by Crippen LogP contribution is -2.55. The number of nitrogens with one attached hydrogen (secondary N) is 1. The van der Waals surface area contributed by atoms with Crippen LogP contribution in [0.15, 0.2) is 83.8 Å². The van der Waals surface area contributed by atoms with Crippen molar-refractivity contribution in [1.82, 2.24) is 10.2 Å². The third-order valence-electron chi connectivity index (χ3n) is 6.05. The fourth-order valence-corrected chi connectivity index (χ4v) is 5.74. The first-order valence-electron chi connectivity index (χ1n) is 12.8. The van der Waals surface area contributed by atoms with Crippen LogP contribution in [0.2, 0.25) is 5.02 Å². The number of halogens is 1. The van der Waals surface area contributed by atoms with Crippen LogP contribution in [0.1, 0.15) is 45.2 Å². The molecule has 0 spiro atoms. The second-order valence-corrected chi connectivity index (χ2v) is 12.8. The summed E-state index contributed by atoms with van der Waals surface area (Å²) < 4.78 is 28.8. The molecule has 0 aliphatic carbocycles. The van der Waals surface area contributed by atoms with Gasteiger partial charge in [0.25, 0.3) is 10.0 Å². The summed E-state index contributed by atoms with van der Waals surface area (Å²) in [6.45, 7) is 8.93. The van der Waals surface area contributed by atoms with E-state index in [0.717, 1.165) is 15.4 Å². The van der Waals surface area contributed by atoms with Crippen molar-refractivity contribution in [3.63, 3.8) is 0 Å². The van der Waals surface area contributed by atoms with E-state index in [4.69, 9.17) is 11.6 Å². The maximum absolute atomic E-state index is 14.0. The second kappa shape index (κ2) is 12.7. The Hall–Kier alpha value is -3.36. The van der Waals surface area contributed by atoms with Gasteiger partial charge < -0.3 is 10.2 Å². The molecule has 9 heteroatoms. The maximum Gasteiger partial charge on any atom is 0.264 e. The van der Waals surface area contributed by atoms with Gasteiger partial charge in [-0.15, -0.1) is 0 Å². The molecule has 0 saturated heterocycles. The number of aryl methyl sites for hydroxylation is 1. The molecule has 7 nitrogen and oxygen atoms in total. The Kier molecular flexibility index (Phi) is 9.80. The normalized spacial score (nSPS) is 12.5. The predicted molar refractivity (Wildman–Crippen MR) is 156 cm³/mol. The average molecular weight is 570 g/mol. The van der Waals surface area contributed by atoms with Crippen LogP contribution in [-0.4, -0.2) is 43.3 Å². The molecular formula is C30H36ClN3O4S. The molecule has 0 heterocycles. The second-order valence-electron chi connectivity index (χ2n) is 10.5. The monoisotopic (exact) mass is 569 g/mol. The Morgan fingerprint density at radius 1 is 0.949 bits per heavy atom. The molecule has 2 amide bonds. The predicted octanol–water partition coefficient (Wildman–Crippen LogP) is 5.57. The highest BCUT2D eigenvalue weighted by Crippen LogP contribution is 2.26. The lowest BCUT2D eigenvalue weighted by molar-refractivity contribution is -0.141. The van der Waals surface area contributed by atoms with Crippen molar-refractivity contribution in [1.29, 1.82) is 0 Å². The van der Waals surface area contributed by atoms with Gasteiger partial charge >= 0.3 is 0 Å². The number of sulfonamides is 1.